The van der Waals surface area contributed by atoms with Crippen molar-refractivity contribution < 1.29 is 0 Å². The third kappa shape index (κ3) is 1.79. The molecule has 0 bridgehead atoms. The second kappa shape index (κ2) is 3.80. The summed E-state index contributed by atoms with van der Waals surface area (Å²) in [5.41, 5.74) is 1.29. The normalized spacial score (nSPS) is 23.4. The molecular formula is C9H14BrN3. The summed E-state index contributed by atoms with van der Waals surface area (Å²) in [6.07, 6.45) is 5.80. The molecule has 2 rings (SSSR count). The fourth-order valence-electron chi connectivity index (χ4n) is 1.79. The molecule has 1 saturated heterocycles. The van der Waals surface area contributed by atoms with Crippen LogP contribution in [0.4, 0.5) is 0 Å². The van der Waals surface area contributed by atoms with Gasteiger partial charge < -0.3 is 5.32 Å². The number of hydrogen-bond donors (Lipinski definition) is 1. The van der Waals surface area contributed by atoms with Crippen LogP contribution in [0.3, 0.4) is 0 Å². The Morgan fingerprint density at radius 3 is 3.00 bits per heavy atom. The fraction of sp³-hybridized carbons (Fsp3) is 0.667. The lowest BCUT2D eigenvalue weighted by Crippen LogP contribution is -2.26. The Kier molecular flexibility index (Phi) is 2.69. The van der Waals surface area contributed by atoms with E-state index in [2.05, 4.69) is 26.3 Å². The second-order valence-corrected chi connectivity index (χ2v) is 4.27. The molecule has 1 aliphatic heterocycles. The fourth-order valence-corrected chi connectivity index (χ4v) is 2.26. The summed E-state index contributed by atoms with van der Waals surface area (Å²) in [4.78, 5) is 0. The minimum absolute atomic E-state index is 0.497. The number of rotatable bonds is 1. The highest BCUT2D eigenvalue weighted by Crippen LogP contribution is 2.28. The van der Waals surface area contributed by atoms with Crippen LogP contribution in [0.2, 0.25) is 0 Å². The van der Waals surface area contributed by atoms with Crippen molar-refractivity contribution in [3.63, 3.8) is 0 Å². The smallest absolute Gasteiger partial charge is 0.108 e. The van der Waals surface area contributed by atoms with E-state index in [4.69, 9.17) is 0 Å². The summed E-state index contributed by atoms with van der Waals surface area (Å²) in [5.74, 6) is 0. The first-order chi connectivity index (χ1) is 6.29. The van der Waals surface area contributed by atoms with Crippen LogP contribution in [-0.4, -0.2) is 16.3 Å². The van der Waals surface area contributed by atoms with Gasteiger partial charge in [0, 0.05) is 18.7 Å². The molecule has 4 heteroatoms. The predicted molar refractivity (Wildman–Crippen MR) is 55.5 cm³/mol. The monoisotopic (exact) mass is 243 g/mol. The van der Waals surface area contributed by atoms with E-state index in [1.54, 1.807) is 0 Å². The van der Waals surface area contributed by atoms with Gasteiger partial charge in [-0.3, -0.25) is 4.68 Å². The van der Waals surface area contributed by atoms with Crippen LogP contribution >= 0.6 is 15.9 Å². The van der Waals surface area contributed by atoms with E-state index < -0.39 is 0 Å². The molecule has 1 atom stereocenters. The van der Waals surface area contributed by atoms with Crippen molar-refractivity contribution in [3.05, 3.63) is 16.4 Å². The molecule has 72 valence electrons. The highest BCUT2D eigenvalue weighted by molar-refractivity contribution is 9.10. The van der Waals surface area contributed by atoms with E-state index in [-0.39, 0.29) is 0 Å². The first-order valence-electron chi connectivity index (χ1n) is 4.70. The van der Waals surface area contributed by atoms with Crippen molar-refractivity contribution >= 4 is 15.9 Å². The third-order valence-electron chi connectivity index (χ3n) is 2.58. The van der Waals surface area contributed by atoms with Gasteiger partial charge >= 0.3 is 0 Å². The van der Waals surface area contributed by atoms with E-state index in [0.29, 0.717) is 6.04 Å². The first kappa shape index (κ1) is 9.21. The molecule has 1 aromatic rings. The average Bonchev–Trinajstić information content (AvgIpc) is 2.49. The summed E-state index contributed by atoms with van der Waals surface area (Å²) in [7, 11) is 1.95. The van der Waals surface area contributed by atoms with Gasteiger partial charge in [0.05, 0.1) is 6.20 Å². The average molecular weight is 244 g/mol. The molecule has 1 N–H and O–H groups in total. The van der Waals surface area contributed by atoms with E-state index in [1.807, 2.05) is 17.9 Å². The zero-order valence-corrected chi connectivity index (χ0v) is 9.34. The molecular weight excluding hydrogens is 230 g/mol. The lowest BCUT2D eigenvalue weighted by Gasteiger charge is -2.22. The lowest BCUT2D eigenvalue weighted by atomic mass is 10.0. The van der Waals surface area contributed by atoms with Gasteiger partial charge in [-0.1, -0.05) is 6.42 Å². The van der Waals surface area contributed by atoms with Crippen LogP contribution in [0.25, 0.3) is 0 Å². The molecule has 0 aromatic carbocycles. The predicted octanol–water partition coefficient (Wildman–Crippen LogP) is 2.00. The molecule has 0 saturated carbocycles. The zero-order chi connectivity index (χ0) is 9.26. The van der Waals surface area contributed by atoms with Gasteiger partial charge in [-0.25, -0.2) is 0 Å². The van der Waals surface area contributed by atoms with Crippen LogP contribution in [0.15, 0.2) is 10.8 Å². The molecule has 0 spiro atoms. The minimum Gasteiger partial charge on any atom is -0.310 e. The Morgan fingerprint density at radius 1 is 1.62 bits per heavy atom. The number of nitrogens with one attached hydrogen (secondary N) is 1. The van der Waals surface area contributed by atoms with Crippen LogP contribution in [0, 0.1) is 0 Å². The van der Waals surface area contributed by atoms with Crippen LogP contribution < -0.4 is 5.32 Å². The highest BCUT2D eigenvalue weighted by Gasteiger charge is 2.19. The van der Waals surface area contributed by atoms with Gasteiger partial charge in [0.2, 0.25) is 0 Å². The van der Waals surface area contributed by atoms with E-state index in [1.165, 1.54) is 24.8 Å². The maximum atomic E-state index is 4.22. The van der Waals surface area contributed by atoms with Crippen LogP contribution in [0.5, 0.6) is 0 Å². The molecule has 3 nitrogen and oxygen atoms in total. The number of nitrogens with zero attached hydrogens (tertiary/aromatic N) is 2. The maximum Gasteiger partial charge on any atom is 0.108 e. The summed E-state index contributed by atoms with van der Waals surface area (Å²) >= 11 is 3.55. The number of aromatic nitrogens is 2. The van der Waals surface area contributed by atoms with Gasteiger partial charge in [-0.15, -0.1) is 0 Å². The van der Waals surface area contributed by atoms with Gasteiger partial charge in [-0.2, -0.15) is 5.10 Å². The molecule has 0 amide bonds. The Bertz CT molecular complexity index is 289. The Hall–Kier alpha value is -0.350. The van der Waals surface area contributed by atoms with Gasteiger partial charge in [0.15, 0.2) is 0 Å². The highest BCUT2D eigenvalue weighted by atomic mass is 79.9. The lowest BCUT2D eigenvalue weighted by molar-refractivity contribution is 0.411. The quantitative estimate of drug-likeness (QED) is 0.818. The number of hydrogen-bond acceptors (Lipinski definition) is 2. The SMILES string of the molecule is Cn1ncc(C2CCCCN2)c1Br. The topological polar surface area (TPSA) is 29.9 Å². The molecule has 2 heterocycles. The molecule has 1 unspecified atom stereocenters. The second-order valence-electron chi connectivity index (χ2n) is 3.52. The largest absolute Gasteiger partial charge is 0.310 e. The third-order valence-corrected chi connectivity index (χ3v) is 3.55. The van der Waals surface area contributed by atoms with Crippen LogP contribution in [-0.2, 0) is 7.05 Å². The van der Waals surface area contributed by atoms with Crippen molar-refractivity contribution in [1.29, 1.82) is 0 Å². The number of halogens is 1. The summed E-state index contributed by atoms with van der Waals surface area (Å²) in [5, 5.41) is 7.73. The van der Waals surface area contributed by atoms with E-state index in [9.17, 15) is 0 Å². The summed E-state index contributed by atoms with van der Waals surface area (Å²) in [6, 6.07) is 0.497. The van der Waals surface area contributed by atoms with Gasteiger partial charge in [0.1, 0.15) is 4.60 Å². The summed E-state index contributed by atoms with van der Waals surface area (Å²) in [6.45, 7) is 1.13. The molecule has 1 aliphatic rings. The van der Waals surface area contributed by atoms with E-state index in [0.717, 1.165) is 11.1 Å². The van der Waals surface area contributed by atoms with Crippen molar-refractivity contribution in [2.75, 3.05) is 6.54 Å². The maximum absolute atomic E-state index is 4.22. The van der Waals surface area contributed by atoms with E-state index >= 15 is 0 Å². The molecule has 1 fully saturated rings. The Balaban J connectivity index is 2.18. The van der Waals surface area contributed by atoms with Crippen molar-refractivity contribution in [1.82, 2.24) is 15.1 Å². The molecule has 0 radical (unpaired) electrons. The molecule has 13 heavy (non-hydrogen) atoms. The first-order valence-corrected chi connectivity index (χ1v) is 5.49. The Labute approximate surface area is 86.6 Å². The number of aryl methyl sites for hydroxylation is 1. The standard InChI is InChI=1S/C9H14BrN3/c1-13-9(10)7(6-12-13)8-4-2-3-5-11-8/h6,8,11H,2-5H2,1H3. The molecule has 0 aliphatic carbocycles. The minimum atomic E-state index is 0.497. The molecule has 1 aromatic heterocycles. The van der Waals surface area contributed by atoms with Gasteiger partial charge in [-0.05, 0) is 35.3 Å². The van der Waals surface area contributed by atoms with Gasteiger partial charge in [0.25, 0.3) is 0 Å². The van der Waals surface area contributed by atoms with Crippen LogP contribution in [0.1, 0.15) is 30.9 Å². The Morgan fingerprint density at radius 2 is 2.46 bits per heavy atom. The number of piperidine rings is 1. The van der Waals surface area contributed by atoms with Crippen molar-refractivity contribution in [2.24, 2.45) is 7.05 Å². The van der Waals surface area contributed by atoms with Crippen molar-refractivity contribution in [2.45, 2.75) is 25.3 Å². The zero-order valence-electron chi connectivity index (χ0n) is 7.76. The summed E-state index contributed by atoms with van der Waals surface area (Å²) < 4.78 is 2.97. The van der Waals surface area contributed by atoms with Crippen molar-refractivity contribution in [3.8, 4) is 0 Å².